The molecule has 0 aliphatic carbocycles. The average Bonchev–Trinajstić information content (AvgIpc) is 3.48. The number of carbonyl (C=O) groups excluding carboxylic acids is 2. The number of esters is 1. The monoisotopic (exact) mass is 711 g/mol. The SMILES string of the molecule is CCCC(=O)OCN(C(=O)c1cc(Oc2ccc(S(C)(=O)=O)nc2)cc(O[C@@H](CC)COC)c1)c1nc(CP2(=O)OCCCO2)cs1. The standard InChI is InChI=1S/C30H38N3O11PS2/c1-5-8-28(34)40-20-33(30-32-22(19-46-30)18-45(36)41-11-7-12-42-45)29(35)21-13-25(43-23(6-2)17-39-3)15-26(14-21)44-24-9-10-27(31-16-24)47(4,37)38/h9-10,13-16,19,23H,5-8,11-12,17-18,20H2,1-4H3/t23-/m0/s1. The minimum atomic E-state index is -3.52. The Morgan fingerprint density at radius 3 is 2.49 bits per heavy atom. The predicted octanol–water partition coefficient (Wildman–Crippen LogP) is 5.62. The van der Waals surface area contributed by atoms with Gasteiger partial charge in [-0.1, -0.05) is 13.8 Å². The number of methoxy groups -OCH3 is 1. The smallest absolute Gasteiger partial charge is 0.336 e. The summed E-state index contributed by atoms with van der Waals surface area (Å²) in [6, 6.07) is 7.32. The highest BCUT2D eigenvalue weighted by molar-refractivity contribution is 7.90. The Morgan fingerprint density at radius 1 is 1.11 bits per heavy atom. The van der Waals surface area contributed by atoms with Crippen LogP contribution in [0.15, 0.2) is 46.9 Å². The van der Waals surface area contributed by atoms with Gasteiger partial charge in [0.2, 0.25) is 0 Å². The Bertz CT molecular complexity index is 1670. The molecule has 14 nitrogen and oxygen atoms in total. The summed E-state index contributed by atoms with van der Waals surface area (Å²) in [7, 11) is -5.35. The number of rotatable bonds is 16. The van der Waals surface area contributed by atoms with Gasteiger partial charge in [0.1, 0.15) is 23.4 Å². The van der Waals surface area contributed by atoms with Crippen molar-refractivity contribution in [1.29, 1.82) is 0 Å². The molecular weight excluding hydrogens is 673 g/mol. The molecule has 1 aromatic carbocycles. The molecule has 0 saturated carbocycles. The second-order valence-electron chi connectivity index (χ2n) is 10.5. The van der Waals surface area contributed by atoms with Crippen LogP contribution in [0, 0.1) is 0 Å². The lowest BCUT2D eigenvalue weighted by Crippen LogP contribution is -2.34. The van der Waals surface area contributed by atoms with Crippen LogP contribution in [0.5, 0.6) is 17.2 Å². The number of hydrogen-bond donors (Lipinski definition) is 0. The van der Waals surface area contributed by atoms with Gasteiger partial charge in [-0.25, -0.2) is 23.3 Å². The Morgan fingerprint density at radius 2 is 1.85 bits per heavy atom. The molecule has 0 N–H and O–H groups in total. The quantitative estimate of drug-likeness (QED) is 0.102. The van der Waals surface area contributed by atoms with E-state index < -0.39 is 36.0 Å². The summed E-state index contributed by atoms with van der Waals surface area (Å²) in [5.74, 6) is -0.379. The highest BCUT2D eigenvalue weighted by Gasteiger charge is 2.31. The lowest BCUT2D eigenvalue weighted by molar-refractivity contribution is -0.143. The summed E-state index contributed by atoms with van der Waals surface area (Å²) >= 11 is 1.10. The second kappa shape index (κ2) is 16.6. The van der Waals surface area contributed by atoms with Crippen LogP contribution >= 0.6 is 18.9 Å². The number of benzene rings is 1. The first kappa shape index (κ1) is 36.4. The van der Waals surface area contributed by atoms with E-state index in [0.29, 0.717) is 50.5 Å². The molecule has 1 atom stereocenters. The van der Waals surface area contributed by atoms with Crippen LogP contribution in [-0.2, 0) is 43.9 Å². The summed E-state index contributed by atoms with van der Waals surface area (Å²) in [6.07, 6.45) is 3.86. The molecule has 1 fully saturated rings. The molecule has 4 rings (SSSR count). The number of pyridine rings is 1. The van der Waals surface area contributed by atoms with Crippen molar-refractivity contribution in [2.24, 2.45) is 0 Å². The fourth-order valence-corrected chi connectivity index (χ4v) is 7.40. The Balaban J connectivity index is 1.68. The first-order valence-corrected chi connectivity index (χ1v) is 19.4. The maximum Gasteiger partial charge on any atom is 0.336 e. The molecule has 47 heavy (non-hydrogen) atoms. The zero-order valence-electron chi connectivity index (χ0n) is 26.6. The molecule has 256 valence electrons. The molecule has 3 aromatic rings. The first-order chi connectivity index (χ1) is 22.4. The molecule has 0 radical (unpaired) electrons. The fraction of sp³-hybridized carbons (Fsp3) is 0.467. The number of ether oxygens (including phenoxy) is 4. The third kappa shape index (κ3) is 10.5. The minimum Gasteiger partial charge on any atom is -0.488 e. The van der Waals surface area contributed by atoms with Crippen LogP contribution in [0.25, 0.3) is 0 Å². The zero-order chi connectivity index (χ0) is 34.0. The van der Waals surface area contributed by atoms with Crippen molar-refractivity contribution < 1.29 is 50.6 Å². The average molecular weight is 712 g/mol. The molecule has 1 amide bonds. The molecule has 1 aliphatic rings. The van der Waals surface area contributed by atoms with E-state index in [4.69, 9.17) is 28.0 Å². The molecule has 0 unspecified atom stereocenters. The van der Waals surface area contributed by atoms with Gasteiger partial charge in [0.15, 0.2) is 26.7 Å². The molecule has 2 aromatic heterocycles. The summed E-state index contributed by atoms with van der Waals surface area (Å²) < 4.78 is 70.2. The van der Waals surface area contributed by atoms with Gasteiger partial charge in [0, 0.05) is 36.8 Å². The summed E-state index contributed by atoms with van der Waals surface area (Å²) in [4.78, 5) is 36.1. The van der Waals surface area contributed by atoms with E-state index in [9.17, 15) is 22.6 Å². The summed E-state index contributed by atoms with van der Waals surface area (Å²) in [6.45, 7) is 4.25. The van der Waals surface area contributed by atoms with E-state index in [1.807, 2.05) is 13.8 Å². The number of hydrogen-bond acceptors (Lipinski definition) is 14. The lowest BCUT2D eigenvalue weighted by atomic mass is 10.1. The van der Waals surface area contributed by atoms with E-state index >= 15 is 0 Å². The first-order valence-electron chi connectivity index (χ1n) is 14.9. The normalized spacial score (nSPS) is 15.1. The van der Waals surface area contributed by atoms with E-state index in [0.717, 1.165) is 17.6 Å². The molecule has 3 heterocycles. The second-order valence-corrected chi connectivity index (χ2v) is 15.4. The Kier molecular flexibility index (Phi) is 12.9. The fourth-order valence-electron chi connectivity index (χ4n) is 4.27. The van der Waals surface area contributed by atoms with Crippen molar-refractivity contribution in [1.82, 2.24) is 9.97 Å². The van der Waals surface area contributed by atoms with Gasteiger partial charge >= 0.3 is 13.6 Å². The maximum absolute atomic E-state index is 14.2. The number of carbonyl (C=O) groups is 2. The number of thiazole rings is 1. The number of anilines is 1. The van der Waals surface area contributed by atoms with E-state index in [1.165, 1.54) is 35.4 Å². The van der Waals surface area contributed by atoms with Crippen molar-refractivity contribution in [3.8, 4) is 17.2 Å². The third-order valence-corrected chi connectivity index (χ3v) is 10.4. The Hall–Kier alpha value is -3.40. The number of amides is 1. The largest absolute Gasteiger partial charge is 0.488 e. The van der Waals surface area contributed by atoms with Crippen LogP contribution in [0.4, 0.5) is 5.13 Å². The predicted molar refractivity (Wildman–Crippen MR) is 173 cm³/mol. The van der Waals surface area contributed by atoms with Crippen LogP contribution in [0.2, 0.25) is 0 Å². The van der Waals surface area contributed by atoms with E-state index in [2.05, 4.69) is 9.97 Å². The van der Waals surface area contributed by atoms with Gasteiger partial charge in [-0.05, 0) is 43.5 Å². The van der Waals surface area contributed by atoms with Crippen LogP contribution in [0.3, 0.4) is 0 Å². The zero-order valence-corrected chi connectivity index (χ0v) is 29.1. The van der Waals surface area contributed by atoms with Gasteiger partial charge in [0.05, 0.1) is 37.9 Å². The van der Waals surface area contributed by atoms with Gasteiger partial charge in [0.25, 0.3) is 5.91 Å². The van der Waals surface area contributed by atoms with Crippen molar-refractivity contribution in [3.05, 3.63) is 53.2 Å². The van der Waals surface area contributed by atoms with Gasteiger partial charge in [-0.2, -0.15) is 0 Å². The van der Waals surface area contributed by atoms with Crippen molar-refractivity contribution in [2.45, 2.75) is 56.8 Å². The molecule has 17 heteroatoms. The van der Waals surface area contributed by atoms with Crippen molar-refractivity contribution in [3.63, 3.8) is 0 Å². The highest BCUT2D eigenvalue weighted by atomic mass is 32.2. The van der Waals surface area contributed by atoms with E-state index in [1.54, 1.807) is 18.6 Å². The van der Waals surface area contributed by atoms with Crippen molar-refractivity contribution in [2.75, 3.05) is 44.8 Å². The van der Waals surface area contributed by atoms with Gasteiger partial charge in [-0.3, -0.25) is 14.2 Å². The Labute approximate surface area is 277 Å². The van der Waals surface area contributed by atoms with Crippen molar-refractivity contribution >= 4 is 45.8 Å². The molecular formula is C30H38N3O11PS2. The minimum absolute atomic E-state index is 0.0769. The number of sulfone groups is 1. The summed E-state index contributed by atoms with van der Waals surface area (Å²) in [5, 5.41) is 1.71. The highest BCUT2D eigenvalue weighted by Crippen LogP contribution is 2.53. The molecule has 0 bridgehead atoms. The van der Waals surface area contributed by atoms with Crippen LogP contribution < -0.4 is 14.4 Å². The van der Waals surface area contributed by atoms with Crippen LogP contribution in [0.1, 0.15) is 55.6 Å². The van der Waals surface area contributed by atoms with Gasteiger partial charge < -0.3 is 28.0 Å². The topological polar surface area (TPSA) is 170 Å². The van der Waals surface area contributed by atoms with Crippen LogP contribution in [-0.4, -0.2) is 76.3 Å². The number of nitrogens with zero attached hydrogens (tertiary/aromatic N) is 3. The van der Waals surface area contributed by atoms with Gasteiger partial charge in [-0.15, -0.1) is 11.3 Å². The maximum atomic E-state index is 14.2. The summed E-state index contributed by atoms with van der Waals surface area (Å²) in [5.41, 5.74) is 0.505. The van der Waals surface area contributed by atoms with E-state index in [-0.39, 0.29) is 45.9 Å². The molecule has 1 saturated heterocycles. The third-order valence-electron chi connectivity index (χ3n) is 6.61. The molecule has 0 spiro atoms. The number of aromatic nitrogens is 2. The lowest BCUT2D eigenvalue weighted by Gasteiger charge is -2.22. The molecule has 1 aliphatic heterocycles.